The van der Waals surface area contributed by atoms with Crippen LogP contribution in [0, 0.1) is 0 Å². The minimum Gasteiger partial charge on any atom is -0.467 e. The molecule has 0 bridgehead atoms. The predicted molar refractivity (Wildman–Crippen MR) is 65.8 cm³/mol. The molecule has 1 aliphatic heterocycles. The summed E-state index contributed by atoms with van der Waals surface area (Å²) in [5.74, 6) is -0.414. The van der Waals surface area contributed by atoms with Gasteiger partial charge in [-0.05, 0) is 12.1 Å². The molecule has 90 valence electrons. The minimum atomic E-state index is -0.414. The fourth-order valence-electron chi connectivity index (χ4n) is 1.58. The summed E-state index contributed by atoms with van der Waals surface area (Å²) in [5, 5.41) is 2.28. The summed E-state index contributed by atoms with van der Waals surface area (Å²) in [5.41, 5.74) is 1.74. The van der Waals surface area contributed by atoms with E-state index in [-0.39, 0.29) is 6.61 Å². The van der Waals surface area contributed by atoms with Crippen LogP contribution in [0.25, 0.3) is 6.08 Å². The highest BCUT2D eigenvalue weighted by Gasteiger charge is 2.16. The number of anilines is 1. The molecule has 1 aliphatic rings. The topological polar surface area (TPSA) is 38.8 Å². The number of carbonyl (C=O) groups excluding carboxylic acids is 1. The second kappa shape index (κ2) is 5.21. The van der Waals surface area contributed by atoms with Crippen molar-refractivity contribution >= 4 is 29.3 Å². The molecule has 0 spiro atoms. The van der Waals surface area contributed by atoms with Crippen LogP contribution in [0.15, 0.2) is 24.3 Å². The highest BCUT2D eigenvalue weighted by Crippen LogP contribution is 2.31. The lowest BCUT2D eigenvalue weighted by molar-refractivity contribution is -0.146. The molecule has 0 aliphatic carbocycles. The average molecular weight is 254 g/mol. The van der Waals surface area contributed by atoms with Gasteiger partial charge in [0.15, 0.2) is 6.61 Å². The first-order valence-corrected chi connectivity index (χ1v) is 5.52. The molecule has 0 amide bonds. The standard InChI is InChI=1S/C12H12ClNO3/c1-16-12(15)8-17-14-7-3-4-9-10(13)5-2-6-11(9)14/h2-6H,7-8H2,1H3. The number of hydrogen-bond donors (Lipinski definition) is 0. The Labute approximate surface area is 104 Å². The number of esters is 1. The van der Waals surface area contributed by atoms with E-state index in [0.29, 0.717) is 11.6 Å². The van der Waals surface area contributed by atoms with E-state index in [2.05, 4.69) is 4.74 Å². The lowest BCUT2D eigenvalue weighted by Gasteiger charge is -2.26. The molecule has 1 heterocycles. The van der Waals surface area contributed by atoms with Crippen LogP contribution in [0.2, 0.25) is 5.02 Å². The first kappa shape index (κ1) is 12.0. The number of carbonyl (C=O) groups is 1. The van der Waals surface area contributed by atoms with Crippen molar-refractivity contribution in [2.75, 3.05) is 25.3 Å². The highest BCUT2D eigenvalue weighted by atomic mass is 35.5. The number of rotatable bonds is 3. The quantitative estimate of drug-likeness (QED) is 0.775. The van der Waals surface area contributed by atoms with Gasteiger partial charge in [0.25, 0.3) is 0 Å². The van der Waals surface area contributed by atoms with Crippen LogP contribution in [-0.4, -0.2) is 26.2 Å². The van der Waals surface area contributed by atoms with Gasteiger partial charge >= 0.3 is 5.97 Å². The summed E-state index contributed by atoms with van der Waals surface area (Å²) in [6.07, 6.45) is 3.86. The molecular formula is C12H12ClNO3. The van der Waals surface area contributed by atoms with E-state index < -0.39 is 5.97 Å². The third kappa shape index (κ3) is 2.60. The molecule has 4 nitrogen and oxygen atoms in total. The molecule has 0 radical (unpaired) electrons. The number of ether oxygens (including phenoxy) is 1. The summed E-state index contributed by atoms with van der Waals surface area (Å²) in [6, 6.07) is 5.55. The largest absolute Gasteiger partial charge is 0.467 e. The molecule has 0 atom stereocenters. The van der Waals surface area contributed by atoms with Gasteiger partial charge < -0.3 is 4.74 Å². The summed E-state index contributed by atoms with van der Waals surface area (Å²) in [7, 11) is 1.33. The fourth-order valence-corrected chi connectivity index (χ4v) is 1.82. The molecule has 17 heavy (non-hydrogen) atoms. The van der Waals surface area contributed by atoms with Crippen LogP contribution in [0.1, 0.15) is 5.56 Å². The van der Waals surface area contributed by atoms with E-state index in [4.69, 9.17) is 16.4 Å². The van der Waals surface area contributed by atoms with Gasteiger partial charge in [0.2, 0.25) is 0 Å². The molecule has 0 N–H and O–H groups in total. The molecular weight excluding hydrogens is 242 g/mol. The smallest absolute Gasteiger partial charge is 0.334 e. The van der Waals surface area contributed by atoms with Crippen LogP contribution in [-0.2, 0) is 14.4 Å². The molecule has 0 saturated heterocycles. The van der Waals surface area contributed by atoms with Crippen molar-refractivity contribution in [2.45, 2.75) is 0 Å². The molecule has 0 aromatic heterocycles. The Kier molecular flexibility index (Phi) is 3.66. The minimum absolute atomic E-state index is 0.115. The number of halogens is 1. The number of hydrogen-bond acceptors (Lipinski definition) is 4. The van der Waals surface area contributed by atoms with Crippen molar-refractivity contribution in [3.05, 3.63) is 34.9 Å². The zero-order valence-electron chi connectivity index (χ0n) is 9.35. The predicted octanol–water partition coefficient (Wildman–Crippen LogP) is 2.28. The lowest BCUT2D eigenvalue weighted by atomic mass is 10.1. The van der Waals surface area contributed by atoms with Crippen molar-refractivity contribution in [2.24, 2.45) is 0 Å². The van der Waals surface area contributed by atoms with E-state index in [0.717, 1.165) is 11.3 Å². The summed E-state index contributed by atoms with van der Waals surface area (Å²) in [6.45, 7) is 0.459. The lowest BCUT2D eigenvalue weighted by Crippen LogP contribution is -2.29. The van der Waals surface area contributed by atoms with Gasteiger partial charge in [-0.1, -0.05) is 29.8 Å². The van der Waals surface area contributed by atoms with E-state index in [1.54, 1.807) is 5.06 Å². The number of methoxy groups -OCH3 is 1. The molecule has 0 unspecified atom stereocenters. The van der Waals surface area contributed by atoms with E-state index in [1.807, 2.05) is 30.4 Å². The van der Waals surface area contributed by atoms with Gasteiger partial charge in [0.05, 0.1) is 19.3 Å². The van der Waals surface area contributed by atoms with Gasteiger partial charge in [0, 0.05) is 10.6 Å². The third-order valence-electron chi connectivity index (χ3n) is 2.42. The highest BCUT2D eigenvalue weighted by molar-refractivity contribution is 6.32. The van der Waals surface area contributed by atoms with Gasteiger partial charge in [-0.25, -0.2) is 9.86 Å². The Morgan fingerprint density at radius 3 is 3.12 bits per heavy atom. The second-order valence-electron chi connectivity index (χ2n) is 3.49. The SMILES string of the molecule is COC(=O)CON1CC=Cc2c(Cl)cccc21. The zero-order valence-corrected chi connectivity index (χ0v) is 10.1. The van der Waals surface area contributed by atoms with E-state index >= 15 is 0 Å². The fraction of sp³-hybridized carbons (Fsp3) is 0.250. The monoisotopic (exact) mass is 253 g/mol. The number of benzene rings is 1. The number of nitrogens with zero attached hydrogens (tertiary/aromatic N) is 1. The average Bonchev–Trinajstić information content (AvgIpc) is 2.36. The van der Waals surface area contributed by atoms with E-state index in [9.17, 15) is 4.79 Å². The van der Waals surface area contributed by atoms with Crippen molar-refractivity contribution in [3.8, 4) is 0 Å². The maximum absolute atomic E-state index is 11.0. The van der Waals surface area contributed by atoms with Crippen LogP contribution in [0.4, 0.5) is 5.69 Å². The van der Waals surface area contributed by atoms with Crippen LogP contribution < -0.4 is 5.06 Å². The van der Waals surface area contributed by atoms with E-state index in [1.165, 1.54) is 7.11 Å². The summed E-state index contributed by atoms with van der Waals surface area (Å²) < 4.78 is 4.52. The first-order valence-electron chi connectivity index (χ1n) is 5.14. The molecule has 0 fully saturated rings. The van der Waals surface area contributed by atoms with Gasteiger partial charge in [-0.3, -0.25) is 4.84 Å². The second-order valence-corrected chi connectivity index (χ2v) is 3.89. The number of fused-ring (bicyclic) bond motifs is 1. The Hall–Kier alpha value is -1.52. The van der Waals surface area contributed by atoms with Crippen LogP contribution >= 0.6 is 11.6 Å². The van der Waals surface area contributed by atoms with Gasteiger partial charge in [0.1, 0.15) is 0 Å². The Balaban J connectivity index is 2.15. The normalized spacial score (nSPS) is 13.4. The molecule has 5 heteroatoms. The molecule has 1 aromatic carbocycles. The summed E-state index contributed by atoms with van der Waals surface area (Å²) in [4.78, 5) is 16.4. The Bertz CT molecular complexity index is 459. The maximum atomic E-state index is 11.0. The van der Waals surface area contributed by atoms with Crippen LogP contribution in [0.5, 0.6) is 0 Å². The molecule has 0 saturated carbocycles. The first-order chi connectivity index (χ1) is 8.22. The summed E-state index contributed by atoms with van der Waals surface area (Å²) >= 11 is 6.07. The Morgan fingerprint density at radius 1 is 1.53 bits per heavy atom. The molecule has 1 aromatic rings. The van der Waals surface area contributed by atoms with Crippen molar-refractivity contribution in [3.63, 3.8) is 0 Å². The van der Waals surface area contributed by atoms with Gasteiger partial charge in [-0.2, -0.15) is 0 Å². The van der Waals surface area contributed by atoms with Crippen molar-refractivity contribution in [1.29, 1.82) is 0 Å². The Morgan fingerprint density at radius 2 is 2.35 bits per heavy atom. The number of hydroxylamine groups is 1. The third-order valence-corrected chi connectivity index (χ3v) is 2.75. The van der Waals surface area contributed by atoms with Crippen LogP contribution in [0.3, 0.4) is 0 Å². The zero-order chi connectivity index (χ0) is 12.3. The van der Waals surface area contributed by atoms with Crippen molar-refractivity contribution < 1.29 is 14.4 Å². The maximum Gasteiger partial charge on any atom is 0.334 e. The van der Waals surface area contributed by atoms with Crippen molar-refractivity contribution in [1.82, 2.24) is 0 Å². The molecule has 2 rings (SSSR count). The van der Waals surface area contributed by atoms with Gasteiger partial charge in [-0.15, -0.1) is 0 Å².